The monoisotopic (exact) mass is 234 g/mol. The van der Waals surface area contributed by atoms with Gasteiger partial charge < -0.3 is 5.73 Å². The van der Waals surface area contributed by atoms with Crippen molar-refractivity contribution < 1.29 is 0 Å². The molecule has 4 rings (SSSR count). The Labute approximate surface area is 104 Å². The van der Waals surface area contributed by atoms with Crippen molar-refractivity contribution in [3.8, 4) is 0 Å². The lowest BCUT2D eigenvalue weighted by Gasteiger charge is -2.14. The van der Waals surface area contributed by atoms with E-state index in [1.165, 1.54) is 0 Å². The summed E-state index contributed by atoms with van der Waals surface area (Å²) < 4.78 is 0. The first-order chi connectivity index (χ1) is 8.81. The summed E-state index contributed by atoms with van der Waals surface area (Å²) >= 11 is 0. The Morgan fingerprint density at radius 3 is 2.94 bits per heavy atom. The zero-order chi connectivity index (χ0) is 12.1. The van der Waals surface area contributed by atoms with Crippen LogP contribution in [-0.2, 0) is 6.42 Å². The first-order valence-corrected chi connectivity index (χ1v) is 5.82. The van der Waals surface area contributed by atoms with Crippen LogP contribution in [0.3, 0.4) is 0 Å². The van der Waals surface area contributed by atoms with Gasteiger partial charge in [0.15, 0.2) is 5.82 Å². The van der Waals surface area contributed by atoms with Gasteiger partial charge in [-0.25, -0.2) is 0 Å². The van der Waals surface area contributed by atoms with Crippen LogP contribution in [0.15, 0.2) is 57.7 Å². The largest absolute Gasteiger partial charge is 0.382 e. The van der Waals surface area contributed by atoms with Crippen molar-refractivity contribution in [3.05, 3.63) is 58.7 Å². The molecule has 1 aromatic heterocycles. The van der Waals surface area contributed by atoms with Crippen LogP contribution in [0.25, 0.3) is 17.0 Å². The minimum Gasteiger partial charge on any atom is -0.382 e. The Hall–Kier alpha value is -2.49. The minimum atomic E-state index is 0.516. The molecule has 0 radical (unpaired) electrons. The van der Waals surface area contributed by atoms with Gasteiger partial charge in [-0.05, 0) is 23.8 Å². The Morgan fingerprint density at radius 1 is 1.11 bits per heavy atom. The van der Waals surface area contributed by atoms with E-state index >= 15 is 0 Å². The molecule has 1 aliphatic carbocycles. The highest BCUT2D eigenvalue weighted by Gasteiger charge is 2.23. The van der Waals surface area contributed by atoms with Crippen molar-refractivity contribution >= 4 is 17.0 Å². The molecule has 2 aromatic rings. The van der Waals surface area contributed by atoms with E-state index in [9.17, 15) is 0 Å². The van der Waals surface area contributed by atoms with Gasteiger partial charge in [0.2, 0.25) is 0 Å². The molecule has 1 aliphatic heterocycles. The highest BCUT2D eigenvalue weighted by atomic mass is 15.2. The highest BCUT2D eigenvalue weighted by molar-refractivity contribution is 5.83. The van der Waals surface area contributed by atoms with Crippen LogP contribution in [-0.4, -0.2) is 4.98 Å². The van der Waals surface area contributed by atoms with E-state index in [4.69, 9.17) is 10.7 Å². The van der Waals surface area contributed by atoms with Crippen molar-refractivity contribution in [1.29, 1.82) is 0 Å². The third-order valence-corrected chi connectivity index (χ3v) is 3.36. The second-order valence-corrected chi connectivity index (χ2v) is 4.49. The maximum atomic E-state index is 5.81. The maximum absolute atomic E-state index is 5.81. The van der Waals surface area contributed by atoms with Crippen LogP contribution < -0.4 is 5.73 Å². The van der Waals surface area contributed by atoms with Crippen LogP contribution in [0.1, 0.15) is 11.3 Å². The number of rotatable bonds is 0. The number of nitrogens with two attached hydrogens (primary N) is 1. The maximum Gasteiger partial charge on any atom is 0.151 e. The zero-order valence-corrected chi connectivity index (χ0v) is 9.59. The van der Waals surface area contributed by atoms with Crippen molar-refractivity contribution in [2.45, 2.75) is 6.42 Å². The number of allylic oxidation sites excluding steroid dienone is 1. The van der Waals surface area contributed by atoms with Crippen molar-refractivity contribution in [1.82, 2.24) is 4.98 Å². The lowest BCUT2D eigenvalue weighted by atomic mass is 9.95. The summed E-state index contributed by atoms with van der Waals surface area (Å²) in [6, 6.07) is 10.3. The second-order valence-electron chi connectivity index (χ2n) is 4.49. The van der Waals surface area contributed by atoms with E-state index in [-0.39, 0.29) is 0 Å². The average molecular weight is 234 g/mol. The van der Waals surface area contributed by atoms with Crippen LogP contribution in [0, 0.1) is 0 Å². The van der Waals surface area contributed by atoms with E-state index in [0.29, 0.717) is 12.2 Å². The third-order valence-electron chi connectivity index (χ3n) is 3.36. The molecule has 0 fully saturated rings. The molecule has 4 nitrogen and oxygen atoms in total. The van der Waals surface area contributed by atoms with Gasteiger partial charge in [0.25, 0.3) is 0 Å². The number of para-hydroxylation sites is 1. The number of fused-ring (bicyclic) bond motifs is 3. The molecule has 0 spiro atoms. The summed E-state index contributed by atoms with van der Waals surface area (Å²) in [5.41, 5.74) is 10.8. The standard InChI is InChI=1S/C14H10N4/c15-14-10-7-12-9(6-13(10)17-18-14)5-8-3-1-2-4-11(8)16-12/h1-6H,7,15H2. The lowest BCUT2D eigenvalue weighted by molar-refractivity contribution is 1.04. The van der Waals surface area contributed by atoms with E-state index in [1.54, 1.807) is 0 Å². The predicted octanol–water partition coefficient (Wildman–Crippen LogP) is 2.77. The van der Waals surface area contributed by atoms with Crippen LogP contribution in [0.5, 0.6) is 0 Å². The van der Waals surface area contributed by atoms with Gasteiger partial charge in [-0.1, -0.05) is 18.2 Å². The molecule has 2 N–H and O–H groups in total. The van der Waals surface area contributed by atoms with Gasteiger partial charge in [-0.2, -0.15) is 0 Å². The summed E-state index contributed by atoms with van der Waals surface area (Å²) in [6.45, 7) is 0. The molecule has 0 atom stereocenters. The van der Waals surface area contributed by atoms with Gasteiger partial charge in [-0.15, -0.1) is 10.2 Å². The van der Waals surface area contributed by atoms with Crippen LogP contribution >= 0.6 is 0 Å². The quantitative estimate of drug-likeness (QED) is 0.761. The number of hydrogen-bond donors (Lipinski definition) is 1. The second kappa shape index (κ2) is 3.26. The van der Waals surface area contributed by atoms with Crippen molar-refractivity contribution in [2.75, 3.05) is 0 Å². The zero-order valence-electron chi connectivity index (χ0n) is 9.59. The van der Waals surface area contributed by atoms with Gasteiger partial charge in [0.1, 0.15) is 0 Å². The molecule has 0 unspecified atom stereocenters. The Bertz CT molecular complexity index is 768. The summed E-state index contributed by atoms with van der Waals surface area (Å²) in [5, 5.41) is 9.14. The normalized spacial score (nSPS) is 16.8. The Morgan fingerprint density at radius 2 is 2.00 bits per heavy atom. The third kappa shape index (κ3) is 1.23. The number of pyridine rings is 1. The smallest absolute Gasteiger partial charge is 0.151 e. The van der Waals surface area contributed by atoms with E-state index in [2.05, 4.69) is 22.4 Å². The Kier molecular flexibility index (Phi) is 1.73. The topological polar surface area (TPSA) is 63.6 Å². The molecule has 86 valence electrons. The van der Waals surface area contributed by atoms with E-state index in [1.807, 2.05) is 24.3 Å². The number of benzene rings is 1. The molecule has 1 aromatic carbocycles. The molecule has 2 aliphatic rings. The lowest BCUT2D eigenvalue weighted by Crippen LogP contribution is -2.07. The van der Waals surface area contributed by atoms with E-state index in [0.717, 1.165) is 33.4 Å². The molecular formula is C14H10N4. The molecule has 0 amide bonds. The van der Waals surface area contributed by atoms with E-state index < -0.39 is 0 Å². The molecule has 0 saturated heterocycles. The van der Waals surface area contributed by atoms with Gasteiger partial charge in [-0.3, -0.25) is 4.98 Å². The first-order valence-electron chi connectivity index (χ1n) is 5.82. The summed E-state index contributed by atoms with van der Waals surface area (Å²) in [6.07, 6.45) is 2.72. The molecule has 18 heavy (non-hydrogen) atoms. The molecule has 2 heterocycles. The molecule has 0 bridgehead atoms. The number of azo groups is 1. The first kappa shape index (κ1) is 9.53. The number of hydrogen-bond acceptors (Lipinski definition) is 4. The number of nitrogens with zero attached hydrogens (tertiary/aromatic N) is 3. The summed E-state index contributed by atoms with van der Waals surface area (Å²) in [4.78, 5) is 4.69. The fourth-order valence-corrected chi connectivity index (χ4v) is 2.41. The van der Waals surface area contributed by atoms with Gasteiger partial charge in [0, 0.05) is 17.4 Å². The van der Waals surface area contributed by atoms with Crippen molar-refractivity contribution in [3.63, 3.8) is 0 Å². The number of aromatic nitrogens is 1. The van der Waals surface area contributed by atoms with Gasteiger partial charge in [0.05, 0.1) is 16.9 Å². The molecular weight excluding hydrogens is 224 g/mol. The Balaban J connectivity index is 1.99. The SMILES string of the molecule is NC1=C2Cc3nc4ccccc4cc3C=C2N=N1. The van der Waals surface area contributed by atoms with Gasteiger partial charge >= 0.3 is 0 Å². The summed E-state index contributed by atoms with van der Waals surface area (Å²) in [5.74, 6) is 0.516. The fourth-order valence-electron chi connectivity index (χ4n) is 2.41. The predicted molar refractivity (Wildman–Crippen MR) is 69.5 cm³/mol. The molecule has 4 heteroatoms. The minimum absolute atomic E-state index is 0.516. The van der Waals surface area contributed by atoms with Crippen molar-refractivity contribution in [2.24, 2.45) is 16.0 Å². The van der Waals surface area contributed by atoms with Crippen LogP contribution in [0.4, 0.5) is 0 Å². The molecule has 0 saturated carbocycles. The van der Waals surface area contributed by atoms with Crippen LogP contribution in [0.2, 0.25) is 0 Å². The fraction of sp³-hybridized carbons (Fsp3) is 0.0714. The summed E-state index contributed by atoms with van der Waals surface area (Å²) in [7, 11) is 0. The average Bonchev–Trinajstić information content (AvgIpc) is 2.75. The highest BCUT2D eigenvalue weighted by Crippen LogP contribution is 2.34.